The van der Waals surface area contributed by atoms with Crippen LogP contribution in [0.25, 0.3) is 22.2 Å². The van der Waals surface area contributed by atoms with Crippen LogP contribution in [0, 0.1) is 0 Å². The van der Waals surface area contributed by atoms with Crippen molar-refractivity contribution >= 4 is 32.6 Å². The molecule has 10 heteroatoms. The Morgan fingerprint density at radius 2 is 1.73 bits per heavy atom. The average molecular weight is 526 g/mol. The maximum Gasteiger partial charge on any atom is 0.335 e. The van der Waals surface area contributed by atoms with Crippen LogP contribution in [0.5, 0.6) is 0 Å². The van der Waals surface area contributed by atoms with E-state index in [1.54, 1.807) is 16.7 Å². The lowest BCUT2D eigenvalue weighted by Gasteiger charge is -2.26. The summed E-state index contributed by atoms with van der Waals surface area (Å²) in [7, 11) is -3.50. The molecule has 1 aliphatic carbocycles. The van der Waals surface area contributed by atoms with Crippen molar-refractivity contribution in [2.45, 2.75) is 56.7 Å². The number of hydrogen-bond donors (Lipinski definition) is 3. The van der Waals surface area contributed by atoms with Crippen LogP contribution in [-0.2, 0) is 21.2 Å². The number of nitrogens with zero attached hydrogens (tertiary/aromatic N) is 2. The molecule has 1 saturated carbocycles. The molecule has 1 saturated heterocycles. The van der Waals surface area contributed by atoms with E-state index in [4.69, 9.17) is 5.84 Å². The van der Waals surface area contributed by atoms with Crippen LogP contribution >= 0.6 is 0 Å². The number of carbonyl (C=O) groups is 2. The van der Waals surface area contributed by atoms with Crippen LogP contribution in [0.2, 0.25) is 0 Å². The van der Waals surface area contributed by atoms with Crippen molar-refractivity contribution in [3.63, 3.8) is 0 Å². The molecular formula is C27H31N3O6S. The SMILES string of the molecule is NN(C(=O)Cn1c(-c2ccccc2)c(C2CCCCC2)c2ccc(C(=O)O)cc21)[C@H]1CS(=O)(=O)C[C@H]1O. The molecule has 1 amide bonds. The highest BCUT2D eigenvalue weighted by molar-refractivity contribution is 7.91. The van der Waals surface area contributed by atoms with Crippen molar-refractivity contribution in [1.29, 1.82) is 0 Å². The zero-order chi connectivity index (χ0) is 26.3. The van der Waals surface area contributed by atoms with Gasteiger partial charge < -0.3 is 14.8 Å². The van der Waals surface area contributed by atoms with Gasteiger partial charge in [-0.15, -0.1) is 0 Å². The first kappa shape index (κ1) is 25.4. The molecule has 5 rings (SSSR count). The molecule has 2 aromatic carbocycles. The molecule has 2 aliphatic rings. The topological polar surface area (TPSA) is 143 Å². The smallest absolute Gasteiger partial charge is 0.335 e. The summed E-state index contributed by atoms with van der Waals surface area (Å²) in [6, 6.07) is 13.6. The molecule has 196 valence electrons. The van der Waals surface area contributed by atoms with E-state index in [0.717, 1.165) is 52.9 Å². The molecule has 2 atom stereocenters. The van der Waals surface area contributed by atoms with E-state index in [2.05, 4.69) is 0 Å². The summed E-state index contributed by atoms with van der Waals surface area (Å²) in [4.78, 5) is 25.3. The van der Waals surface area contributed by atoms with Crippen molar-refractivity contribution < 1.29 is 28.2 Å². The third kappa shape index (κ3) is 4.88. The van der Waals surface area contributed by atoms with Gasteiger partial charge in [-0.2, -0.15) is 0 Å². The molecular weight excluding hydrogens is 494 g/mol. The lowest BCUT2D eigenvalue weighted by atomic mass is 9.82. The fraction of sp³-hybridized carbons (Fsp3) is 0.407. The Kier molecular flexibility index (Phi) is 6.82. The third-order valence-electron chi connectivity index (χ3n) is 7.64. The van der Waals surface area contributed by atoms with Crippen LogP contribution in [0.1, 0.15) is 53.9 Å². The predicted octanol–water partition coefficient (Wildman–Crippen LogP) is 2.91. The Labute approximate surface area is 215 Å². The molecule has 1 aliphatic heterocycles. The molecule has 1 aromatic heterocycles. The number of rotatable bonds is 6. The van der Waals surface area contributed by atoms with Gasteiger partial charge in [0, 0.05) is 5.39 Å². The number of aliphatic hydroxyl groups excluding tert-OH is 1. The summed E-state index contributed by atoms with van der Waals surface area (Å²) in [5.41, 5.74) is 3.55. The highest BCUT2D eigenvalue weighted by atomic mass is 32.2. The summed E-state index contributed by atoms with van der Waals surface area (Å²) in [5, 5.41) is 21.7. The van der Waals surface area contributed by atoms with Gasteiger partial charge >= 0.3 is 5.97 Å². The number of nitrogens with two attached hydrogens (primary N) is 1. The zero-order valence-corrected chi connectivity index (χ0v) is 21.2. The number of benzene rings is 2. The van der Waals surface area contributed by atoms with E-state index in [9.17, 15) is 28.2 Å². The van der Waals surface area contributed by atoms with Crippen molar-refractivity contribution in [2.24, 2.45) is 5.84 Å². The number of carboxylic acids is 1. The second-order valence-electron chi connectivity index (χ2n) is 10.1. The van der Waals surface area contributed by atoms with Crippen LogP contribution in [-0.4, -0.2) is 63.7 Å². The number of fused-ring (bicyclic) bond motifs is 1. The Morgan fingerprint density at radius 1 is 1.03 bits per heavy atom. The van der Waals surface area contributed by atoms with Crippen molar-refractivity contribution in [3.8, 4) is 11.3 Å². The lowest BCUT2D eigenvalue weighted by Crippen LogP contribution is -2.52. The Morgan fingerprint density at radius 3 is 2.35 bits per heavy atom. The van der Waals surface area contributed by atoms with Gasteiger partial charge in [0.25, 0.3) is 5.91 Å². The molecule has 0 bridgehead atoms. The standard InChI is InChI=1S/C27H31N3O6S/c28-30(22-15-37(35,36)16-23(22)31)24(32)14-29-21-13-19(27(33)34)11-12-20(21)25(17-7-3-1-4-8-17)26(29)18-9-5-2-6-10-18/h2,5-6,9-13,17,22-23,31H,1,3-4,7-8,14-16,28H2,(H,33,34)/t22-,23+/m0/s1. The number of sulfone groups is 1. The van der Waals surface area contributed by atoms with Crippen molar-refractivity contribution in [1.82, 2.24) is 9.58 Å². The summed E-state index contributed by atoms with van der Waals surface area (Å²) >= 11 is 0. The second-order valence-corrected chi connectivity index (χ2v) is 12.3. The lowest BCUT2D eigenvalue weighted by molar-refractivity contribution is -0.135. The molecule has 4 N–H and O–H groups in total. The van der Waals surface area contributed by atoms with Crippen LogP contribution in [0.15, 0.2) is 48.5 Å². The first-order valence-electron chi connectivity index (χ1n) is 12.6. The van der Waals surface area contributed by atoms with E-state index in [1.165, 1.54) is 6.42 Å². The Hall–Kier alpha value is -3.21. The summed E-state index contributed by atoms with van der Waals surface area (Å²) in [5.74, 6) is 3.89. The quantitative estimate of drug-likeness (QED) is 0.255. The molecule has 0 unspecified atom stereocenters. The van der Waals surface area contributed by atoms with Crippen LogP contribution in [0.3, 0.4) is 0 Å². The van der Waals surface area contributed by atoms with Gasteiger partial charge in [0.15, 0.2) is 9.84 Å². The number of aromatic carboxylic acids is 1. The highest BCUT2D eigenvalue weighted by Gasteiger charge is 2.41. The van der Waals surface area contributed by atoms with Gasteiger partial charge in [-0.3, -0.25) is 9.80 Å². The minimum Gasteiger partial charge on any atom is -0.478 e. The number of carbonyl (C=O) groups excluding carboxylic acids is 1. The number of hydrogen-bond acceptors (Lipinski definition) is 6. The summed E-state index contributed by atoms with van der Waals surface area (Å²) in [6.07, 6.45) is 4.12. The molecule has 2 heterocycles. The number of aromatic nitrogens is 1. The highest BCUT2D eigenvalue weighted by Crippen LogP contribution is 2.44. The van der Waals surface area contributed by atoms with Gasteiger partial charge in [0.05, 0.1) is 40.4 Å². The fourth-order valence-electron chi connectivity index (χ4n) is 5.86. The van der Waals surface area contributed by atoms with E-state index in [1.807, 2.05) is 36.4 Å². The molecule has 9 nitrogen and oxygen atoms in total. The monoisotopic (exact) mass is 525 g/mol. The van der Waals surface area contributed by atoms with Gasteiger partial charge in [0.2, 0.25) is 0 Å². The Bertz CT molecular complexity index is 1440. The predicted molar refractivity (Wildman–Crippen MR) is 140 cm³/mol. The van der Waals surface area contributed by atoms with Crippen molar-refractivity contribution in [3.05, 3.63) is 59.7 Å². The van der Waals surface area contributed by atoms with Crippen molar-refractivity contribution in [2.75, 3.05) is 11.5 Å². The normalized spacial score (nSPS) is 21.8. The third-order valence-corrected chi connectivity index (χ3v) is 9.34. The molecule has 37 heavy (non-hydrogen) atoms. The minimum absolute atomic E-state index is 0.107. The van der Waals surface area contributed by atoms with Gasteiger partial charge in [0.1, 0.15) is 6.54 Å². The molecule has 0 radical (unpaired) electrons. The van der Waals surface area contributed by atoms with Gasteiger partial charge in [-0.25, -0.2) is 19.1 Å². The maximum atomic E-state index is 13.4. The Balaban J connectivity index is 1.66. The number of carboxylic acid groups (broad SMARTS) is 1. The number of hydrazine groups is 1. The van der Waals surface area contributed by atoms with E-state index < -0.39 is 45.4 Å². The molecule has 0 spiro atoms. The summed E-state index contributed by atoms with van der Waals surface area (Å²) < 4.78 is 25.8. The minimum atomic E-state index is -3.50. The van der Waals surface area contributed by atoms with Crippen LogP contribution < -0.4 is 5.84 Å². The van der Waals surface area contributed by atoms with Gasteiger partial charge in [-0.05, 0) is 42.0 Å². The van der Waals surface area contributed by atoms with Gasteiger partial charge in [-0.1, -0.05) is 55.7 Å². The largest absolute Gasteiger partial charge is 0.478 e. The second kappa shape index (κ2) is 9.92. The van der Waals surface area contributed by atoms with E-state index in [-0.39, 0.29) is 18.0 Å². The number of aliphatic hydroxyl groups is 1. The van der Waals surface area contributed by atoms with E-state index in [0.29, 0.717) is 5.52 Å². The van der Waals surface area contributed by atoms with Crippen LogP contribution in [0.4, 0.5) is 0 Å². The molecule has 2 fully saturated rings. The molecule has 3 aromatic rings. The first-order chi connectivity index (χ1) is 17.7. The fourth-order valence-corrected chi connectivity index (χ4v) is 7.65. The summed E-state index contributed by atoms with van der Waals surface area (Å²) in [6.45, 7) is -0.226. The average Bonchev–Trinajstić information content (AvgIpc) is 3.36. The number of amides is 1. The first-order valence-corrected chi connectivity index (χ1v) is 14.4. The maximum absolute atomic E-state index is 13.4. The van der Waals surface area contributed by atoms with E-state index >= 15 is 0 Å². The zero-order valence-electron chi connectivity index (χ0n) is 20.4.